The predicted molar refractivity (Wildman–Crippen MR) is 103 cm³/mol. The monoisotopic (exact) mass is 369 g/mol. The molecule has 0 radical (unpaired) electrons. The molecule has 1 fully saturated rings. The second-order valence-electron chi connectivity index (χ2n) is 6.63. The number of pyridine rings is 1. The van der Waals surface area contributed by atoms with Crippen LogP contribution in [0.4, 0.5) is 11.4 Å². The van der Waals surface area contributed by atoms with Gasteiger partial charge in [0.1, 0.15) is 5.69 Å². The first-order valence-electron chi connectivity index (χ1n) is 9.02. The number of rotatable bonds is 6. The number of carbonyl (C=O) groups is 1. The zero-order valence-corrected chi connectivity index (χ0v) is 15.1. The van der Waals surface area contributed by atoms with Crippen LogP contribution >= 0.6 is 0 Å². The average Bonchev–Trinajstić information content (AvgIpc) is 2.69. The van der Waals surface area contributed by atoms with Crippen LogP contribution in [-0.2, 0) is 0 Å². The van der Waals surface area contributed by atoms with Crippen molar-refractivity contribution in [3.63, 3.8) is 0 Å². The Hall–Kier alpha value is -3.00. The van der Waals surface area contributed by atoms with Gasteiger partial charge < -0.3 is 16.0 Å². The van der Waals surface area contributed by atoms with Crippen LogP contribution in [0.25, 0.3) is 0 Å². The van der Waals surface area contributed by atoms with Gasteiger partial charge in [-0.15, -0.1) is 0 Å². The summed E-state index contributed by atoms with van der Waals surface area (Å²) in [5.41, 5.74) is 1.28. The number of nitrogens with one attached hydrogen (secondary N) is 3. The van der Waals surface area contributed by atoms with E-state index in [-0.39, 0.29) is 29.2 Å². The van der Waals surface area contributed by atoms with Gasteiger partial charge in [0.25, 0.3) is 11.6 Å². The van der Waals surface area contributed by atoms with E-state index >= 15 is 0 Å². The van der Waals surface area contributed by atoms with Crippen molar-refractivity contribution in [3.8, 4) is 0 Å². The molecule has 0 aliphatic carbocycles. The first-order chi connectivity index (χ1) is 13.0. The van der Waals surface area contributed by atoms with E-state index in [2.05, 4.69) is 20.9 Å². The summed E-state index contributed by atoms with van der Waals surface area (Å²) >= 11 is 0. The smallest absolute Gasteiger partial charge is 0.293 e. The molecule has 1 saturated heterocycles. The van der Waals surface area contributed by atoms with Crippen LogP contribution in [0, 0.1) is 10.1 Å². The summed E-state index contributed by atoms with van der Waals surface area (Å²) in [7, 11) is 0. The first-order valence-corrected chi connectivity index (χ1v) is 9.02. The topological polar surface area (TPSA) is 109 Å². The van der Waals surface area contributed by atoms with E-state index in [9.17, 15) is 14.9 Å². The average molecular weight is 369 g/mol. The van der Waals surface area contributed by atoms with Gasteiger partial charge in [-0.3, -0.25) is 19.9 Å². The van der Waals surface area contributed by atoms with Crippen LogP contribution in [0.2, 0.25) is 0 Å². The molecule has 2 atom stereocenters. The molecule has 2 aromatic rings. The van der Waals surface area contributed by atoms with Crippen molar-refractivity contribution in [2.45, 2.75) is 31.8 Å². The van der Waals surface area contributed by atoms with Gasteiger partial charge in [0.05, 0.1) is 16.7 Å². The van der Waals surface area contributed by atoms with Crippen LogP contribution in [0.5, 0.6) is 0 Å². The molecule has 0 bridgehead atoms. The third-order valence-corrected chi connectivity index (χ3v) is 4.59. The van der Waals surface area contributed by atoms with Crippen molar-refractivity contribution < 1.29 is 9.72 Å². The lowest BCUT2D eigenvalue weighted by atomic mass is 10.1. The number of hydrogen-bond donors (Lipinski definition) is 3. The van der Waals surface area contributed by atoms with Gasteiger partial charge in [0, 0.05) is 30.4 Å². The molecular formula is C19H23N5O3. The molecule has 1 aromatic heterocycles. The molecule has 142 valence electrons. The van der Waals surface area contributed by atoms with Crippen LogP contribution in [0.1, 0.15) is 41.9 Å². The summed E-state index contributed by atoms with van der Waals surface area (Å²) in [6, 6.07) is 9.86. The quantitative estimate of drug-likeness (QED) is 0.533. The second-order valence-corrected chi connectivity index (χ2v) is 6.63. The Morgan fingerprint density at radius 1 is 1.37 bits per heavy atom. The lowest BCUT2D eigenvalue weighted by Crippen LogP contribution is -2.45. The Morgan fingerprint density at radius 2 is 2.22 bits per heavy atom. The Labute approximate surface area is 157 Å². The largest absolute Gasteiger partial charge is 0.371 e. The molecule has 2 heterocycles. The van der Waals surface area contributed by atoms with E-state index in [1.807, 2.05) is 25.1 Å². The molecule has 0 spiro atoms. The Balaban J connectivity index is 1.76. The molecule has 1 aromatic carbocycles. The van der Waals surface area contributed by atoms with E-state index in [0.717, 1.165) is 31.6 Å². The zero-order chi connectivity index (χ0) is 19.2. The molecule has 0 saturated carbocycles. The van der Waals surface area contributed by atoms with E-state index in [0.29, 0.717) is 5.69 Å². The van der Waals surface area contributed by atoms with Crippen molar-refractivity contribution in [2.24, 2.45) is 0 Å². The van der Waals surface area contributed by atoms with Crippen molar-refractivity contribution in [2.75, 3.05) is 18.4 Å². The zero-order valence-electron chi connectivity index (χ0n) is 15.1. The molecule has 27 heavy (non-hydrogen) atoms. The lowest BCUT2D eigenvalue weighted by Gasteiger charge is -2.23. The number of nitro groups is 1. The lowest BCUT2D eigenvalue weighted by molar-refractivity contribution is -0.384. The standard InChI is InChI=1S/C19H23N5O3/c1-13(16-6-2-3-10-21-16)22-17-8-7-14(11-18(17)24(26)27)19(25)23-15-5-4-9-20-12-15/h2-3,6-8,10-11,13,15,20,22H,4-5,9,12H2,1H3,(H,23,25). The molecule has 1 amide bonds. The molecule has 3 rings (SSSR count). The van der Waals surface area contributed by atoms with E-state index in [1.54, 1.807) is 18.3 Å². The summed E-state index contributed by atoms with van der Waals surface area (Å²) in [5.74, 6) is -0.295. The highest BCUT2D eigenvalue weighted by Crippen LogP contribution is 2.29. The number of amides is 1. The van der Waals surface area contributed by atoms with Gasteiger partial charge in [-0.2, -0.15) is 0 Å². The number of aromatic nitrogens is 1. The molecular weight excluding hydrogens is 346 g/mol. The minimum atomic E-state index is -0.480. The van der Waals surface area contributed by atoms with Crippen LogP contribution in [0.3, 0.4) is 0 Å². The second kappa shape index (κ2) is 8.59. The van der Waals surface area contributed by atoms with Gasteiger partial charge >= 0.3 is 0 Å². The third-order valence-electron chi connectivity index (χ3n) is 4.59. The highest BCUT2D eigenvalue weighted by Gasteiger charge is 2.21. The molecule has 2 unspecified atom stereocenters. The van der Waals surface area contributed by atoms with E-state index in [4.69, 9.17) is 0 Å². The fourth-order valence-corrected chi connectivity index (χ4v) is 3.13. The molecule has 1 aliphatic heterocycles. The van der Waals surface area contributed by atoms with E-state index in [1.165, 1.54) is 6.07 Å². The van der Waals surface area contributed by atoms with Crippen LogP contribution in [0.15, 0.2) is 42.6 Å². The van der Waals surface area contributed by atoms with Gasteiger partial charge in [-0.05, 0) is 50.6 Å². The van der Waals surface area contributed by atoms with Crippen molar-refractivity contribution in [1.82, 2.24) is 15.6 Å². The van der Waals surface area contributed by atoms with Crippen molar-refractivity contribution in [3.05, 3.63) is 64.0 Å². The van der Waals surface area contributed by atoms with Gasteiger partial charge in [-0.25, -0.2) is 0 Å². The van der Waals surface area contributed by atoms with Gasteiger partial charge in [0.2, 0.25) is 0 Å². The van der Waals surface area contributed by atoms with Crippen LogP contribution in [-0.4, -0.2) is 34.9 Å². The van der Waals surface area contributed by atoms with Crippen LogP contribution < -0.4 is 16.0 Å². The van der Waals surface area contributed by atoms with E-state index < -0.39 is 4.92 Å². The number of hydrogen-bond acceptors (Lipinski definition) is 6. The summed E-state index contributed by atoms with van der Waals surface area (Å²) in [5, 5.41) is 20.8. The summed E-state index contributed by atoms with van der Waals surface area (Å²) in [6.45, 7) is 3.55. The van der Waals surface area contributed by atoms with Crippen molar-refractivity contribution >= 4 is 17.3 Å². The Kier molecular flexibility index (Phi) is 5.97. The first kappa shape index (κ1) is 18.8. The van der Waals surface area contributed by atoms with Crippen molar-refractivity contribution in [1.29, 1.82) is 0 Å². The Morgan fingerprint density at radius 3 is 2.89 bits per heavy atom. The number of carbonyl (C=O) groups excluding carboxylic acids is 1. The molecule has 1 aliphatic rings. The molecule has 8 heteroatoms. The minimum Gasteiger partial charge on any atom is -0.371 e. The number of benzene rings is 1. The Bertz CT molecular complexity index is 806. The highest BCUT2D eigenvalue weighted by atomic mass is 16.6. The highest BCUT2D eigenvalue weighted by molar-refractivity contribution is 5.96. The maximum atomic E-state index is 12.5. The number of nitrogens with zero attached hydrogens (tertiary/aromatic N) is 2. The van der Waals surface area contributed by atoms with Gasteiger partial charge in [0.15, 0.2) is 0 Å². The molecule has 3 N–H and O–H groups in total. The number of nitro benzene ring substituents is 1. The summed E-state index contributed by atoms with van der Waals surface area (Å²) in [6.07, 6.45) is 3.58. The normalized spacial score (nSPS) is 17.7. The maximum Gasteiger partial charge on any atom is 0.293 e. The van der Waals surface area contributed by atoms with Gasteiger partial charge in [-0.1, -0.05) is 6.07 Å². The third kappa shape index (κ3) is 4.79. The SMILES string of the molecule is CC(Nc1ccc(C(=O)NC2CCCNC2)cc1[N+](=O)[O-])c1ccccn1. The fraction of sp³-hybridized carbons (Fsp3) is 0.368. The summed E-state index contributed by atoms with van der Waals surface area (Å²) < 4.78 is 0. The fourth-order valence-electron chi connectivity index (χ4n) is 3.13. The molecule has 8 nitrogen and oxygen atoms in total. The summed E-state index contributed by atoms with van der Waals surface area (Å²) in [4.78, 5) is 27.7. The number of anilines is 1. The number of piperidine rings is 1. The minimum absolute atomic E-state index is 0.0484. The maximum absolute atomic E-state index is 12.5. The predicted octanol–water partition coefficient (Wildman–Crippen LogP) is 2.64.